The summed E-state index contributed by atoms with van der Waals surface area (Å²) in [6.07, 6.45) is -4.08. The smallest absolute Gasteiger partial charge is 0.484 e. The van der Waals surface area contributed by atoms with Gasteiger partial charge in [-0.3, -0.25) is 9.59 Å². The molecule has 0 aliphatic carbocycles. The largest absolute Gasteiger partial charge is 0.573 e. The van der Waals surface area contributed by atoms with Crippen LogP contribution < -0.4 is 14.8 Å². The van der Waals surface area contributed by atoms with Crippen LogP contribution in [0.1, 0.15) is 10.4 Å². The number of carbonyl (C=O) groups excluding carboxylic acids is 2. The number of benzene rings is 2. The first-order valence-electron chi connectivity index (χ1n) is 6.69. The van der Waals surface area contributed by atoms with Gasteiger partial charge in [0.2, 0.25) is 0 Å². The summed E-state index contributed by atoms with van der Waals surface area (Å²) in [5, 5.41) is 2.47. The van der Waals surface area contributed by atoms with E-state index in [0.717, 1.165) is 12.1 Å². The maximum absolute atomic E-state index is 12.0. The fraction of sp³-hybridized carbons (Fsp3) is 0.125. The number of nitrogens with one attached hydrogen (secondary N) is 1. The second kappa shape index (κ2) is 7.49. The molecule has 0 bridgehead atoms. The molecule has 0 aliphatic rings. The Kier molecular flexibility index (Phi) is 5.41. The van der Waals surface area contributed by atoms with Gasteiger partial charge in [-0.2, -0.15) is 0 Å². The fourth-order valence-electron chi connectivity index (χ4n) is 1.73. The van der Waals surface area contributed by atoms with Crippen LogP contribution in [0.4, 0.5) is 18.9 Å². The molecule has 0 unspecified atom stereocenters. The molecule has 8 heteroatoms. The zero-order valence-corrected chi connectivity index (χ0v) is 12.2. The Morgan fingerprint density at radius 1 is 1.00 bits per heavy atom. The lowest BCUT2D eigenvalue weighted by molar-refractivity contribution is -0.274. The summed E-state index contributed by atoms with van der Waals surface area (Å²) in [6, 6.07) is 10.9. The number of hydrogen-bond acceptors (Lipinski definition) is 4. The molecule has 5 nitrogen and oxygen atoms in total. The van der Waals surface area contributed by atoms with Crippen LogP contribution in [0.25, 0.3) is 0 Å². The van der Waals surface area contributed by atoms with Gasteiger partial charge in [0, 0.05) is 11.3 Å². The maximum atomic E-state index is 12.0. The van der Waals surface area contributed by atoms with Gasteiger partial charge in [-0.25, -0.2) is 0 Å². The van der Waals surface area contributed by atoms with E-state index in [1.165, 1.54) is 12.1 Å². The van der Waals surface area contributed by atoms with Crippen LogP contribution in [0.15, 0.2) is 48.5 Å². The summed E-state index contributed by atoms with van der Waals surface area (Å²) in [7, 11) is 0. The molecule has 0 heterocycles. The van der Waals surface area contributed by atoms with E-state index >= 15 is 0 Å². The SMILES string of the molecule is O=Cc1ccc(OCC(=O)Nc2ccc(OC(F)(F)F)cc2)cc1. The topological polar surface area (TPSA) is 64.6 Å². The molecule has 0 aliphatic heterocycles. The van der Waals surface area contributed by atoms with E-state index in [4.69, 9.17) is 4.74 Å². The van der Waals surface area contributed by atoms with Crippen LogP contribution in [0.3, 0.4) is 0 Å². The van der Waals surface area contributed by atoms with Crippen LogP contribution in [0.2, 0.25) is 0 Å². The molecular formula is C16H12F3NO4. The minimum Gasteiger partial charge on any atom is -0.484 e. The Hall–Kier alpha value is -3.03. The van der Waals surface area contributed by atoms with E-state index in [-0.39, 0.29) is 12.4 Å². The van der Waals surface area contributed by atoms with Crippen molar-refractivity contribution in [2.24, 2.45) is 0 Å². The van der Waals surface area contributed by atoms with E-state index in [0.29, 0.717) is 23.3 Å². The normalized spacial score (nSPS) is 10.8. The molecule has 126 valence electrons. The van der Waals surface area contributed by atoms with Gasteiger partial charge in [0.1, 0.15) is 17.8 Å². The molecule has 0 spiro atoms. The molecule has 2 aromatic rings. The number of hydrogen-bond donors (Lipinski definition) is 1. The van der Waals surface area contributed by atoms with Crippen molar-refractivity contribution in [1.82, 2.24) is 0 Å². The summed E-state index contributed by atoms with van der Waals surface area (Å²) in [6.45, 7) is -0.290. The molecule has 1 N–H and O–H groups in total. The van der Waals surface area contributed by atoms with Crippen molar-refractivity contribution in [3.63, 3.8) is 0 Å². The molecule has 24 heavy (non-hydrogen) atoms. The minimum atomic E-state index is -4.77. The predicted octanol–water partition coefficient (Wildman–Crippen LogP) is 3.42. The van der Waals surface area contributed by atoms with E-state index in [2.05, 4.69) is 10.1 Å². The van der Waals surface area contributed by atoms with Gasteiger partial charge in [0.15, 0.2) is 6.61 Å². The molecule has 2 rings (SSSR count). The highest BCUT2D eigenvalue weighted by Gasteiger charge is 2.30. The van der Waals surface area contributed by atoms with Gasteiger partial charge in [0.25, 0.3) is 5.91 Å². The molecule has 0 fully saturated rings. The molecule has 0 saturated carbocycles. The Morgan fingerprint density at radius 2 is 1.58 bits per heavy atom. The quantitative estimate of drug-likeness (QED) is 0.819. The first kappa shape index (κ1) is 17.3. The number of carbonyl (C=O) groups is 2. The van der Waals surface area contributed by atoms with Crippen LogP contribution in [-0.2, 0) is 4.79 Å². The van der Waals surface area contributed by atoms with Crippen LogP contribution in [0.5, 0.6) is 11.5 Å². The highest BCUT2D eigenvalue weighted by molar-refractivity contribution is 5.91. The zero-order valence-electron chi connectivity index (χ0n) is 12.2. The molecule has 0 aromatic heterocycles. The van der Waals surface area contributed by atoms with Crippen LogP contribution >= 0.6 is 0 Å². The van der Waals surface area contributed by atoms with Crippen LogP contribution in [-0.4, -0.2) is 25.2 Å². The lowest BCUT2D eigenvalue weighted by atomic mass is 10.2. The van der Waals surface area contributed by atoms with Crippen molar-refractivity contribution >= 4 is 17.9 Å². The summed E-state index contributed by atoms with van der Waals surface area (Å²) in [5.41, 5.74) is 0.780. The van der Waals surface area contributed by atoms with Gasteiger partial charge < -0.3 is 14.8 Å². The molecule has 0 radical (unpaired) electrons. The average molecular weight is 339 g/mol. The molecular weight excluding hydrogens is 327 g/mol. The van der Waals surface area contributed by atoms with Gasteiger partial charge >= 0.3 is 6.36 Å². The number of alkyl halides is 3. The Labute approximate surface area is 135 Å². The summed E-state index contributed by atoms with van der Waals surface area (Å²) in [4.78, 5) is 22.2. The van der Waals surface area contributed by atoms with Crippen molar-refractivity contribution in [1.29, 1.82) is 0 Å². The highest BCUT2D eigenvalue weighted by Crippen LogP contribution is 2.23. The van der Waals surface area contributed by atoms with Crippen molar-refractivity contribution in [3.05, 3.63) is 54.1 Å². The summed E-state index contributed by atoms with van der Waals surface area (Å²) >= 11 is 0. The first-order chi connectivity index (χ1) is 11.4. The van der Waals surface area contributed by atoms with Crippen molar-refractivity contribution in [2.45, 2.75) is 6.36 Å². The minimum absolute atomic E-state index is 0.290. The van der Waals surface area contributed by atoms with Crippen LogP contribution in [0, 0.1) is 0 Å². The average Bonchev–Trinajstić information content (AvgIpc) is 2.54. The molecule has 2 aromatic carbocycles. The third-order valence-corrected chi connectivity index (χ3v) is 2.76. The standard InChI is InChI=1S/C16H12F3NO4/c17-16(18,19)24-14-7-3-12(4-8-14)20-15(22)10-23-13-5-1-11(9-21)2-6-13/h1-9H,10H2,(H,20,22). The number of aldehydes is 1. The van der Waals surface area contributed by atoms with Crippen molar-refractivity contribution in [3.8, 4) is 11.5 Å². The highest BCUT2D eigenvalue weighted by atomic mass is 19.4. The number of ether oxygens (including phenoxy) is 2. The predicted molar refractivity (Wildman–Crippen MR) is 79.1 cm³/mol. The molecule has 0 atom stereocenters. The molecule has 0 saturated heterocycles. The van der Waals surface area contributed by atoms with Gasteiger partial charge in [-0.15, -0.1) is 13.2 Å². The number of rotatable bonds is 6. The maximum Gasteiger partial charge on any atom is 0.573 e. The fourth-order valence-corrected chi connectivity index (χ4v) is 1.73. The first-order valence-corrected chi connectivity index (χ1v) is 6.69. The summed E-state index contributed by atoms with van der Waals surface area (Å²) in [5.74, 6) is -0.462. The third-order valence-electron chi connectivity index (χ3n) is 2.76. The van der Waals surface area contributed by atoms with Crippen molar-refractivity contribution in [2.75, 3.05) is 11.9 Å². The van der Waals surface area contributed by atoms with E-state index in [1.54, 1.807) is 24.3 Å². The summed E-state index contributed by atoms with van der Waals surface area (Å²) < 4.78 is 45.1. The monoisotopic (exact) mass is 339 g/mol. The lowest BCUT2D eigenvalue weighted by Crippen LogP contribution is -2.20. The Bertz CT molecular complexity index is 697. The van der Waals surface area contributed by atoms with E-state index in [9.17, 15) is 22.8 Å². The van der Waals surface area contributed by atoms with Gasteiger partial charge in [0.05, 0.1) is 0 Å². The van der Waals surface area contributed by atoms with E-state index in [1.807, 2.05) is 0 Å². The number of halogens is 3. The lowest BCUT2D eigenvalue weighted by Gasteiger charge is -2.10. The molecule has 1 amide bonds. The van der Waals surface area contributed by atoms with Gasteiger partial charge in [-0.1, -0.05) is 0 Å². The second-order valence-electron chi connectivity index (χ2n) is 4.60. The Balaban J connectivity index is 1.84. The second-order valence-corrected chi connectivity index (χ2v) is 4.60. The van der Waals surface area contributed by atoms with Crippen molar-refractivity contribution < 1.29 is 32.2 Å². The Morgan fingerprint density at radius 3 is 2.12 bits per heavy atom. The number of amides is 1. The third kappa shape index (κ3) is 5.64. The van der Waals surface area contributed by atoms with E-state index < -0.39 is 12.3 Å². The van der Waals surface area contributed by atoms with Gasteiger partial charge in [-0.05, 0) is 48.5 Å². The number of anilines is 1. The zero-order chi connectivity index (χ0) is 17.6.